The molecule has 0 atom stereocenters. The lowest BCUT2D eigenvalue weighted by Gasteiger charge is -2.34. The molecule has 2 aromatic carbocycles. The van der Waals surface area contributed by atoms with Crippen molar-refractivity contribution in [2.45, 2.75) is 17.5 Å². The van der Waals surface area contributed by atoms with Gasteiger partial charge in [-0.3, -0.25) is 4.79 Å². The maximum Gasteiger partial charge on any atom is 0.416 e. The first-order valence-corrected chi connectivity index (χ1v) is 11.1. The quantitative estimate of drug-likeness (QED) is 0.652. The van der Waals surface area contributed by atoms with Crippen LogP contribution in [0.1, 0.15) is 11.1 Å². The zero-order valence-electron chi connectivity index (χ0n) is 16.9. The van der Waals surface area contributed by atoms with Gasteiger partial charge in [-0.1, -0.05) is 18.2 Å². The number of hydrogen-bond donors (Lipinski definition) is 0. The van der Waals surface area contributed by atoms with Crippen LogP contribution >= 0.6 is 0 Å². The van der Waals surface area contributed by atoms with Crippen LogP contribution in [-0.2, 0) is 27.4 Å². The van der Waals surface area contributed by atoms with Gasteiger partial charge in [0.2, 0.25) is 10.0 Å². The number of rotatable bonds is 6. The van der Waals surface area contributed by atoms with E-state index in [4.69, 9.17) is 10.00 Å². The molecule has 0 bridgehead atoms. The van der Waals surface area contributed by atoms with Gasteiger partial charge in [-0.05, 0) is 35.9 Å². The molecule has 0 saturated carbocycles. The maximum absolute atomic E-state index is 12.9. The lowest BCUT2D eigenvalue weighted by Crippen LogP contribution is -2.51. The number of alkyl halides is 3. The van der Waals surface area contributed by atoms with Crippen molar-refractivity contribution in [2.24, 2.45) is 0 Å². The van der Waals surface area contributed by atoms with E-state index in [9.17, 15) is 26.4 Å². The molecule has 2 aromatic rings. The van der Waals surface area contributed by atoms with Crippen molar-refractivity contribution in [1.29, 1.82) is 5.26 Å². The highest BCUT2D eigenvalue weighted by Gasteiger charge is 2.34. The minimum Gasteiger partial charge on any atom is -0.484 e. The largest absolute Gasteiger partial charge is 0.484 e. The molecular weight excluding hydrogens is 447 g/mol. The number of sulfonamides is 1. The number of carbonyl (C=O) groups is 1. The summed E-state index contributed by atoms with van der Waals surface area (Å²) in [5, 5.41) is 8.67. The van der Waals surface area contributed by atoms with Crippen molar-refractivity contribution < 1.29 is 31.1 Å². The number of benzene rings is 2. The van der Waals surface area contributed by atoms with Crippen LogP contribution in [0, 0.1) is 11.3 Å². The lowest BCUT2D eigenvalue weighted by molar-refractivity contribution is -0.138. The molecule has 1 amide bonds. The Hall–Kier alpha value is -3.10. The second kappa shape index (κ2) is 9.58. The monoisotopic (exact) mass is 467 g/mol. The number of hydrogen-bond acceptors (Lipinski definition) is 5. The summed E-state index contributed by atoms with van der Waals surface area (Å²) in [7, 11) is -4.12. The topological polar surface area (TPSA) is 90.7 Å². The van der Waals surface area contributed by atoms with E-state index < -0.39 is 26.7 Å². The van der Waals surface area contributed by atoms with Gasteiger partial charge in [-0.25, -0.2) is 8.42 Å². The number of nitrogens with zero attached hydrogens (tertiary/aromatic N) is 3. The number of halogens is 3. The molecule has 0 N–H and O–H groups in total. The van der Waals surface area contributed by atoms with Crippen molar-refractivity contribution in [3.05, 3.63) is 59.7 Å². The average Bonchev–Trinajstić information content (AvgIpc) is 2.78. The van der Waals surface area contributed by atoms with Gasteiger partial charge in [0.05, 0.1) is 22.9 Å². The van der Waals surface area contributed by atoms with E-state index in [0.717, 1.165) is 28.1 Å². The second-order valence-corrected chi connectivity index (χ2v) is 9.02. The summed E-state index contributed by atoms with van der Waals surface area (Å²) < 4.78 is 70.7. The van der Waals surface area contributed by atoms with Crippen LogP contribution in [0.2, 0.25) is 0 Å². The standard InChI is InChI=1S/C21H20F3N3O4S/c22-21(23,24)17-2-1-3-19(14-17)32(29,30)27-12-10-26(11-13-27)20(28)15-31-18-6-4-16(5-7-18)8-9-25/h1-7,14H,8,10-13,15H2. The van der Waals surface area contributed by atoms with Crippen LogP contribution in [0.5, 0.6) is 5.75 Å². The lowest BCUT2D eigenvalue weighted by atomic mass is 10.2. The molecule has 1 fully saturated rings. The molecule has 1 saturated heterocycles. The number of amides is 1. The summed E-state index contributed by atoms with van der Waals surface area (Å²) in [6.45, 7) is -0.110. The van der Waals surface area contributed by atoms with Crippen molar-refractivity contribution in [2.75, 3.05) is 32.8 Å². The van der Waals surface area contributed by atoms with Crippen molar-refractivity contribution in [3.8, 4) is 11.8 Å². The molecule has 1 aliphatic heterocycles. The van der Waals surface area contributed by atoms with E-state index in [1.165, 1.54) is 4.90 Å². The molecule has 11 heteroatoms. The third kappa shape index (κ3) is 5.57. The summed E-state index contributed by atoms with van der Waals surface area (Å²) in [6, 6.07) is 12.4. The number of carbonyl (C=O) groups excluding carboxylic acids is 1. The Morgan fingerprint density at radius 3 is 2.31 bits per heavy atom. The van der Waals surface area contributed by atoms with E-state index in [0.29, 0.717) is 11.8 Å². The SMILES string of the molecule is N#CCc1ccc(OCC(=O)N2CCN(S(=O)(=O)c3cccc(C(F)(F)F)c3)CC2)cc1. The molecule has 0 radical (unpaired) electrons. The van der Waals surface area contributed by atoms with E-state index in [1.807, 2.05) is 6.07 Å². The van der Waals surface area contributed by atoms with Crippen LogP contribution in [-0.4, -0.2) is 56.3 Å². The Kier molecular flexibility index (Phi) is 7.06. The maximum atomic E-state index is 12.9. The molecule has 0 spiro atoms. The van der Waals surface area contributed by atoms with Crippen molar-refractivity contribution >= 4 is 15.9 Å². The molecule has 3 rings (SSSR count). The predicted octanol–water partition coefficient (Wildman–Crippen LogP) is 2.68. The number of ether oxygens (including phenoxy) is 1. The zero-order chi connectivity index (χ0) is 23.4. The molecule has 0 unspecified atom stereocenters. The fraction of sp³-hybridized carbons (Fsp3) is 0.333. The van der Waals surface area contributed by atoms with Crippen LogP contribution in [0.3, 0.4) is 0 Å². The first-order chi connectivity index (χ1) is 15.1. The first kappa shape index (κ1) is 23.6. The summed E-state index contributed by atoms with van der Waals surface area (Å²) in [6.07, 6.45) is -4.38. The number of piperazine rings is 1. The van der Waals surface area contributed by atoms with Crippen LogP contribution in [0.15, 0.2) is 53.4 Å². The van der Waals surface area contributed by atoms with Gasteiger partial charge in [0.25, 0.3) is 5.91 Å². The molecule has 1 aliphatic rings. The van der Waals surface area contributed by atoms with Gasteiger partial charge in [0.15, 0.2) is 6.61 Å². The Bertz CT molecular complexity index is 1100. The van der Waals surface area contributed by atoms with Crippen molar-refractivity contribution in [3.63, 3.8) is 0 Å². The summed E-state index contributed by atoms with van der Waals surface area (Å²) in [5.41, 5.74) is -0.213. The molecule has 7 nitrogen and oxygen atoms in total. The van der Waals surface area contributed by atoms with E-state index in [2.05, 4.69) is 0 Å². The highest BCUT2D eigenvalue weighted by molar-refractivity contribution is 7.89. The molecule has 170 valence electrons. The van der Waals surface area contributed by atoms with Gasteiger partial charge in [0, 0.05) is 26.2 Å². The molecule has 0 aromatic heterocycles. The van der Waals surface area contributed by atoms with Gasteiger partial charge >= 0.3 is 6.18 Å². The first-order valence-electron chi connectivity index (χ1n) is 9.65. The highest BCUT2D eigenvalue weighted by Crippen LogP contribution is 2.31. The molecule has 0 aliphatic carbocycles. The highest BCUT2D eigenvalue weighted by atomic mass is 32.2. The average molecular weight is 467 g/mol. The minimum atomic E-state index is -4.65. The number of nitriles is 1. The van der Waals surface area contributed by atoms with Gasteiger partial charge in [0.1, 0.15) is 5.75 Å². The van der Waals surface area contributed by atoms with E-state index in [1.54, 1.807) is 24.3 Å². The third-order valence-electron chi connectivity index (χ3n) is 4.96. The molecular formula is C21H20F3N3O4S. The second-order valence-electron chi connectivity index (χ2n) is 7.08. The van der Waals surface area contributed by atoms with Gasteiger partial charge in [-0.2, -0.15) is 22.7 Å². The van der Waals surface area contributed by atoms with Crippen LogP contribution in [0.4, 0.5) is 13.2 Å². The van der Waals surface area contributed by atoms with Crippen LogP contribution in [0.25, 0.3) is 0 Å². The fourth-order valence-electron chi connectivity index (χ4n) is 3.19. The Morgan fingerprint density at radius 2 is 1.72 bits per heavy atom. The summed E-state index contributed by atoms with van der Waals surface area (Å²) in [5.74, 6) is 0.132. The summed E-state index contributed by atoms with van der Waals surface area (Å²) >= 11 is 0. The third-order valence-corrected chi connectivity index (χ3v) is 6.85. The van der Waals surface area contributed by atoms with E-state index >= 15 is 0 Å². The zero-order valence-corrected chi connectivity index (χ0v) is 17.7. The van der Waals surface area contributed by atoms with Crippen molar-refractivity contribution in [1.82, 2.24) is 9.21 Å². The Balaban J connectivity index is 1.56. The molecule has 32 heavy (non-hydrogen) atoms. The fourth-order valence-corrected chi connectivity index (χ4v) is 4.66. The Morgan fingerprint density at radius 1 is 1.06 bits per heavy atom. The van der Waals surface area contributed by atoms with Crippen LogP contribution < -0.4 is 4.74 Å². The normalized spacial score (nSPS) is 15.2. The molecule has 1 heterocycles. The predicted molar refractivity (Wildman–Crippen MR) is 108 cm³/mol. The summed E-state index contributed by atoms with van der Waals surface area (Å²) in [4.78, 5) is 13.4. The Labute approximate surface area is 183 Å². The van der Waals surface area contributed by atoms with Gasteiger partial charge < -0.3 is 9.64 Å². The van der Waals surface area contributed by atoms with E-state index in [-0.39, 0.29) is 45.1 Å². The minimum absolute atomic E-state index is 0.0345. The van der Waals surface area contributed by atoms with Gasteiger partial charge in [-0.15, -0.1) is 0 Å². The smallest absolute Gasteiger partial charge is 0.416 e.